The van der Waals surface area contributed by atoms with E-state index in [4.69, 9.17) is 20.4 Å². The molecule has 2 aromatic heterocycles. The first-order valence-electron chi connectivity index (χ1n) is 7.59. The molecule has 3 rings (SSSR count). The monoisotopic (exact) mass is 377 g/mol. The van der Waals surface area contributed by atoms with E-state index in [0.29, 0.717) is 16.1 Å². The number of halogens is 1. The van der Waals surface area contributed by atoms with E-state index in [1.807, 2.05) is 26.0 Å². The number of amides is 1. The van der Waals surface area contributed by atoms with Crippen LogP contribution in [0.3, 0.4) is 0 Å². The number of aryl methyl sites for hydroxylation is 1. The number of nitrogens with zero attached hydrogens (tertiary/aromatic N) is 2. The molecule has 0 aliphatic rings. The number of benzene rings is 1. The van der Waals surface area contributed by atoms with Crippen molar-refractivity contribution in [2.45, 2.75) is 25.1 Å². The minimum atomic E-state index is -0.200. The maximum absolute atomic E-state index is 12.0. The van der Waals surface area contributed by atoms with Gasteiger partial charge < -0.3 is 14.2 Å². The lowest BCUT2D eigenvalue weighted by Gasteiger charge is -2.10. The lowest BCUT2D eigenvalue weighted by Crippen LogP contribution is -2.27. The molecule has 0 spiro atoms. The summed E-state index contributed by atoms with van der Waals surface area (Å²) < 4.78 is 11.0. The largest absolute Gasteiger partial charge is 0.464 e. The molecule has 0 fully saturated rings. The highest BCUT2D eigenvalue weighted by molar-refractivity contribution is 7.99. The standard InChI is InChI=1S/C17H16ClN3O3S/c1-10-3-8-14(23-10)11(2)19-15(22)9-25-17-21-20-16(24-17)12-4-6-13(18)7-5-12/h3-8,11H,9H2,1-2H3,(H,19,22). The third kappa shape index (κ3) is 4.64. The van der Waals surface area contributed by atoms with Crippen molar-refractivity contribution in [1.29, 1.82) is 0 Å². The van der Waals surface area contributed by atoms with Gasteiger partial charge in [-0.25, -0.2) is 0 Å². The molecule has 0 radical (unpaired) electrons. The smallest absolute Gasteiger partial charge is 0.277 e. The van der Waals surface area contributed by atoms with Crippen molar-refractivity contribution in [3.63, 3.8) is 0 Å². The average molecular weight is 378 g/mol. The number of nitrogens with one attached hydrogen (secondary N) is 1. The van der Waals surface area contributed by atoms with Gasteiger partial charge in [0.25, 0.3) is 5.22 Å². The number of furan rings is 1. The van der Waals surface area contributed by atoms with E-state index in [1.165, 1.54) is 11.8 Å². The zero-order chi connectivity index (χ0) is 17.8. The Morgan fingerprint density at radius 2 is 1.96 bits per heavy atom. The van der Waals surface area contributed by atoms with Crippen molar-refractivity contribution >= 4 is 29.3 Å². The molecule has 2 heterocycles. The highest BCUT2D eigenvalue weighted by Crippen LogP contribution is 2.24. The SMILES string of the molecule is Cc1ccc(C(C)NC(=O)CSc2nnc(-c3ccc(Cl)cc3)o2)o1. The van der Waals surface area contributed by atoms with Crippen molar-refractivity contribution < 1.29 is 13.6 Å². The fraction of sp³-hybridized carbons (Fsp3) is 0.235. The zero-order valence-electron chi connectivity index (χ0n) is 13.7. The van der Waals surface area contributed by atoms with Gasteiger partial charge in [0.2, 0.25) is 11.8 Å². The van der Waals surface area contributed by atoms with Gasteiger partial charge in [-0.15, -0.1) is 10.2 Å². The second-order valence-electron chi connectivity index (χ2n) is 5.41. The Balaban J connectivity index is 1.53. The van der Waals surface area contributed by atoms with E-state index in [0.717, 1.165) is 17.1 Å². The summed E-state index contributed by atoms with van der Waals surface area (Å²) in [5.74, 6) is 1.95. The fourth-order valence-electron chi connectivity index (χ4n) is 2.14. The molecule has 25 heavy (non-hydrogen) atoms. The molecule has 0 saturated carbocycles. The zero-order valence-corrected chi connectivity index (χ0v) is 15.2. The predicted molar refractivity (Wildman–Crippen MR) is 95.5 cm³/mol. The van der Waals surface area contributed by atoms with E-state index in [2.05, 4.69) is 15.5 Å². The lowest BCUT2D eigenvalue weighted by molar-refractivity contribution is -0.119. The number of carbonyl (C=O) groups excluding carboxylic acids is 1. The summed E-state index contributed by atoms with van der Waals surface area (Å²) in [6.45, 7) is 3.73. The first-order valence-corrected chi connectivity index (χ1v) is 8.95. The predicted octanol–water partition coefficient (Wildman–Crippen LogP) is 4.26. The second-order valence-corrected chi connectivity index (χ2v) is 6.77. The molecule has 0 bridgehead atoms. The fourth-order valence-corrected chi connectivity index (χ4v) is 2.85. The number of thioether (sulfide) groups is 1. The molecule has 8 heteroatoms. The first-order chi connectivity index (χ1) is 12.0. The molecular formula is C17H16ClN3O3S. The van der Waals surface area contributed by atoms with Gasteiger partial charge in [0.1, 0.15) is 11.5 Å². The summed E-state index contributed by atoms with van der Waals surface area (Å²) in [5, 5.41) is 11.8. The number of aromatic nitrogens is 2. The third-order valence-corrected chi connectivity index (χ3v) is 4.46. The van der Waals surface area contributed by atoms with Crippen LogP contribution >= 0.6 is 23.4 Å². The average Bonchev–Trinajstić information content (AvgIpc) is 3.23. The van der Waals surface area contributed by atoms with Crippen LogP contribution in [0.1, 0.15) is 24.5 Å². The van der Waals surface area contributed by atoms with Gasteiger partial charge in [0.05, 0.1) is 11.8 Å². The summed E-state index contributed by atoms with van der Waals surface area (Å²) in [5.41, 5.74) is 0.773. The molecule has 1 atom stereocenters. The molecule has 0 saturated heterocycles. The Hall–Kier alpha value is -2.25. The topological polar surface area (TPSA) is 81.2 Å². The highest BCUT2D eigenvalue weighted by atomic mass is 35.5. The first kappa shape index (κ1) is 17.6. The Morgan fingerprint density at radius 3 is 2.64 bits per heavy atom. The molecule has 1 amide bonds. The van der Waals surface area contributed by atoms with Gasteiger partial charge in [-0.05, 0) is 50.2 Å². The van der Waals surface area contributed by atoms with Crippen molar-refractivity contribution in [1.82, 2.24) is 15.5 Å². The maximum Gasteiger partial charge on any atom is 0.277 e. The molecule has 0 aliphatic heterocycles. The number of hydrogen-bond acceptors (Lipinski definition) is 6. The van der Waals surface area contributed by atoms with Crippen LogP contribution in [0, 0.1) is 6.92 Å². The van der Waals surface area contributed by atoms with Crippen LogP contribution in [-0.4, -0.2) is 21.9 Å². The summed E-state index contributed by atoms with van der Waals surface area (Å²) >= 11 is 7.03. The molecule has 0 aliphatic carbocycles. The quantitative estimate of drug-likeness (QED) is 0.646. The van der Waals surface area contributed by atoms with E-state index in [-0.39, 0.29) is 17.7 Å². The van der Waals surface area contributed by atoms with Crippen LogP contribution < -0.4 is 5.32 Å². The number of carbonyl (C=O) groups is 1. The minimum Gasteiger partial charge on any atom is -0.464 e. The second kappa shape index (κ2) is 7.76. The minimum absolute atomic E-state index is 0.141. The molecule has 1 N–H and O–H groups in total. The van der Waals surface area contributed by atoms with Crippen LogP contribution in [0.15, 0.2) is 50.5 Å². The molecule has 1 aromatic carbocycles. The van der Waals surface area contributed by atoms with Gasteiger partial charge in [0.15, 0.2) is 0 Å². The summed E-state index contributed by atoms with van der Waals surface area (Å²) in [7, 11) is 0. The number of hydrogen-bond donors (Lipinski definition) is 1. The van der Waals surface area contributed by atoms with Crippen LogP contribution in [0.2, 0.25) is 5.02 Å². The van der Waals surface area contributed by atoms with Crippen LogP contribution in [0.5, 0.6) is 0 Å². The van der Waals surface area contributed by atoms with E-state index < -0.39 is 0 Å². The molecular weight excluding hydrogens is 362 g/mol. The van der Waals surface area contributed by atoms with Gasteiger partial charge in [0, 0.05) is 10.6 Å². The molecule has 130 valence electrons. The molecule has 1 unspecified atom stereocenters. The summed E-state index contributed by atoms with van der Waals surface area (Å²) in [4.78, 5) is 12.0. The van der Waals surface area contributed by atoms with Gasteiger partial charge >= 0.3 is 0 Å². The van der Waals surface area contributed by atoms with Gasteiger partial charge in [-0.3, -0.25) is 4.79 Å². The Kier molecular flexibility index (Phi) is 5.45. The normalized spacial score (nSPS) is 12.1. The van der Waals surface area contributed by atoms with Crippen LogP contribution in [0.4, 0.5) is 0 Å². The van der Waals surface area contributed by atoms with E-state index in [1.54, 1.807) is 24.3 Å². The van der Waals surface area contributed by atoms with E-state index >= 15 is 0 Å². The Bertz CT molecular complexity index is 860. The lowest BCUT2D eigenvalue weighted by atomic mass is 10.2. The Morgan fingerprint density at radius 1 is 1.20 bits per heavy atom. The van der Waals surface area contributed by atoms with Crippen LogP contribution in [0.25, 0.3) is 11.5 Å². The van der Waals surface area contributed by atoms with Gasteiger partial charge in [-0.1, -0.05) is 23.4 Å². The summed E-state index contributed by atoms with van der Waals surface area (Å²) in [6.07, 6.45) is 0. The maximum atomic E-state index is 12.0. The summed E-state index contributed by atoms with van der Waals surface area (Å²) in [6, 6.07) is 10.6. The molecule has 3 aromatic rings. The van der Waals surface area contributed by atoms with Crippen molar-refractivity contribution in [3.8, 4) is 11.5 Å². The van der Waals surface area contributed by atoms with Crippen molar-refractivity contribution in [2.75, 3.05) is 5.75 Å². The van der Waals surface area contributed by atoms with Crippen molar-refractivity contribution in [3.05, 3.63) is 52.9 Å². The van der Waals surface area contributed by atoms with Gasteiger partial charge in [-0.2, -0.15) is 0 Å². The van der Waals surface area contributed by atoms with E-state index in [9.17, 15) is 4.79 Å². The third-order valence-electron chi connectivity index (χ3n) is 3.39. The molecule has 6 nitrogen and oxygen atoms in total. The Labute approximate surface area is 154 Å². The van der Waals surface area contributed by atoms with Crippen molar-refractivity contribution in [2.24, 2.45) is 0 Å². The highest BCUT2D eigenvalue weighted by Gasteiger charge is 2.15. The van der Waals surface area contributed by atoms with Crippen LogP contribution in [-0.2, 0) is 4.79 Å². The number of rotatable bonds is 6.